The molecule has 6 nitrogen and oxygen atoms in total. The zero-order valence-corrected chi connectivity index (χ0v) is 15.5. The fourth-order valence-electron chi connectivity index (χ4n) is 3.54. The van der Waals surface area contributed by atoms with Crippen LogP contribution in [0, 0.1) is 6.92 Å². The zero-order chi connectivity index (χ0) is 20.3. The summed E-state index contributed by atoms with van der Waals surface area (Å²) >= 11 is 0. The molecule has 0 bridgehead atoms. The molecular weight excluding hydrogens is 373 g/mol. The summed E-state index contributed by atoms with van der Waals surface area (Å²) in [5.74, 6) is 0.0814. The molecule has 9 heteroatoms. The van der Waals surface area contributed by atoms with Crippen molar-refractivity contribution in [3.05, 3.63) is 35.4 Å². The van der Waals surface area contributed by atoms with Crippen LogP contribution in [0.5, 0.6) is 5.75 Å². The second-order valence-electron chi connectivity index (χ2n) is 7.00. The number of β-amino-alcohol motifs (C(OH)–C–C–N with tert-alkyl or cyclic N) is 1. The van der Waals surface area contributed by atoms with E-state index in [0.29, 0.717) is 24.1 Å². The number of hydrogen-bond donors (Lipinski definition) is 3. The average molecular weight is 396 g/mol. The second kappa shape index (κ2) is 8.32. The molecule has 28 heavy (non-hydrogen) atoms. The highest BCUT2D eigenvalue weighted by Gasteiger charge is 2.32. The van der Waals surface area contributed by atoms with E-state index in [1.54, 1.807) is 12.1 Å². The van der Waals surface area contributed by atoms with Gasteiger partial charge in [0.05, 0.1) is 17.9 Å². The molecule has 3 N–H and O–H groups in total. The van der Waals surface area contributed by atoms with Gasteiger partial charge in [0.25, 0.3) is 0 Å². The van der Waals surface area contributed by atoms with Crippen molar-refractivity contribution < 1.29 is 23.4 Å². The van der Waals surface area contributed by atoms with Gasteiger partial charge in [-0.2, -0.15) is 13.2 Å². The predicted molar refractivity (Wildman–Crippen MR) is 99.0 cm³/mol. The predicted octanol–water partition coefficient (Wildman–Crippen LogP) is 3.05. The Balaban J connectivity index is 1.74. The van der Waals surface area contributed by atoms with Crippen LogP contribution in [0.3, 0.4) is 0 Å². The van der Waals surface area contributed by atoms with E-state index in [0.717, 1.165) is 32.0 Å². The number of nitrogens with zero attached hydrogens (tertiary/aromatic N) is 3. The smallest absolute Gasteiger partial charge is 0.416 e. The van der Waals surface area contributed by atoms with E-state index < -0.39 is 17.5 Å². The fraction of sp³-hybridized carbons (Fsp3) is 0.474. The Bertz CT molecular complexity index is 787. The lowest BCUT2D eigenvalue weighted by molar-refractivity contribution is -0.137. The van der Waals surface area contributed by atoms with E-state index in [1.165, 1.54) is 6.92 Å². The number of aryl methyl sites for hydroxylation is 1. The van der Waals surface area contributed by atoms with E-state index in [9.17, 15) is 18.3 Å². The van der Waals surface area contributed by atoms with Crippen molar-refractivity contribution in [2.24, 2.45) is 0 Å². The van der Waals surface area contributed by atoms with Crippen molar-refractivity contribution in [3.8, 4) is 17.0 Å². The van der Waals surface area contributed by atoms with Crippen molar-refractivity contribution in [2.75, 3.05) is 31.6 Å². The molecule has 0 spiro atoms. The zero-order valence-electron chi connectivity index (χ0n) is 15.5. The van der Waals surface area contributed by atoms with E-state index in [1.807, 2.05) is 0 Å². The highest BCUT2D eigenvalue weighted by Crippen LogP contribution is 2.38. The summed E-state index contributed by atoms with van der Waals surface area (Å²) in [4.78, 5) is 2.17. The number of likely N-dealkylation sites (tertiary alicyclic amines) is 1. The van der Waals surface area contributed by atoms with Gasteiger partial charge in [0.15, 0.2) is 0 Å². The summed E-state index contributed by atoms with van der Waals surface area (Å²) in [7, 11) is 0. The van der Waals surface area contributed by atoms with Gasteiger partial charge in [-0.15, -0.1) is 10.2 Å². The van der Waals surface area contributed by atoms with Gasteiger partial charge < -0.3 is 15.5 Å². The van der Waals surface area contributed by atoms with Crippen LogP contribution in [0.25, 0.3) is 11.3 Å². The number of halogens is 3. The minimum absolute atomic E-state index is 0.122. The van der Waals surface area contributed by atoms with Crippen LogP contribution in [0.2, 0.25) is 0 Å². The molecule has 1 aliphatic rings. The number of alkyl halides is 3. The van der Waals surface area contributed by atoms with Gasteiger partial charge in [0.2, 0.25) is 0 Å². The number of aliphatic hydroxyl groups excluding tert-OH is 1. The van der Waals surface area contributed by atoms with E-state index in [4.69, 9.17) is 5.11 Å². The summed E-state index contributed by atoms with van der Waals surface area (Å²) < 4.78 is 38.6. The van der Waals surface area contributed by atoms with E-state index >= 15 is 0 Å². The monoisotopic (exact) mass is 396 g/mol. The van der Waals surface area contributed by atoms with Gasteiger partial charge in [0.1, 0.15) is 11.6 Å². The molecule has 1 aromatic carbocycles. The number of rotatable bonds is 5. The van der Waals surface area contributed by atoms with Crippen LogP contribution in [0.15, 0.2) is 24.3 Å². The molecule has 0 unspecified atom stereocenters. The maximum absolute atomic E-state index is 12.9. The number of hydrogen-bond acceptors (Lipinski definition) is 6. The number of aliphatic hydroxyl groups is 1. The number of anilines is 1. The standard InChI is InChI=1S/C19H23F3N4O2/c1-12-9-13(19(20,21)22)10-16(28)18(12)15-4-5-17(25-24-15)23-14-3-2-6-26(11-14)7-8-27/h4-5,9-10,14,27-28H,2-3,6-8,11H2,1H3,(H,23,25)/t14-/m1/s1. The maximum Gasteiger partial charge on any atom is 0.416 e. The molecule has 2 aromatic rings. The number of nitrogens with one attached hydrogen (secondary N) is 1. The van der Waals surface area contributed by atoms with Gasteiger partial charge in [0, 0.05) is 24.7 Å². The molecular formula is C19H23F3N4O2. The van der Waals surface area contributed by atoms with Gasteiger partial charge >= 0.3 is 6.18 Å². The Labute approximate surface area is 161 Å². The molecule has 0 radical (unpaired) electrons. The minimum Gasteiger partial charge on any atom is -0.507 e. The van der Waals surface area contributed by atoms with Gasteiger partial charge in [-0.25, -0.2) is 0 Å². The molecule has 0 saturated carbocycles. The number of benzene rings is 1. The Morgan fingerprint density at radius 2 is 2.04 bits per heavy atom. The van der Waals surface area contributed by atoms with Crippen LogP contribution in [-0.4, -0.2) is 57.6 Å². The van der Waals surface area contributed by atoms with Crippen LogP contribution in [0.1, 0.15) is 24.0 Å². The summed E-state index contributed by atoms with van der Waals surface area (Å²) in [5, 5.41) is 30.6. The van der Waals surface area contributed by atoms with Crippen LogP contribution in [0.4, 0.5) is 19.0 Å². The van der Waals surface area contributed by atoms with Crippen LogP contribution in [-0.2, 0) is 6.18 Å². The SMILES string of the molecule is Cc1cc(C(F)(F)F)cc(O)c1-c1ccc(N[C@@H]2CCCN(CCO)C2)nn1. The lowest BCUT2D eigenvalue weighted by Crippen LogP contribution is -2.43. The third-order valence-corrected chi connectivity index (χ3v) is 4.84. The Morgan fingerprint density at radius 1 is 1.25 bits per heavy atom. The molecule has 1 fully saturated rings. The van der Waals surface area contributed by atoms with Crippen molar-refractivity contribution in [1.29, 1.82) is 0 Å². The molecule has 2 heterocycles. The van der Waals surface area contributed by atoms with Crippen LogP contribution < -0.4 is 5.32 Å². The van der Waals surface area contributed by atoms with Crippen molar-refractivity contribution >= 4 is 5.82 Å². The summed E-state index contributed by atoms with van der Waals surface area (Å²) in [6, 6.07) is 5.19. The molecule has 1 aliphatic heterocycles. The summed E-state index contributed by atoms with van der Waals surface area (Å²) in [6.45, 7) is 4.00. The molecule has 0 amide bonds. The maximum atomic E-state index is 12.9. The lowest BCUT2D eigenvalue weighted by Gasteiger charge is -2.32. The number of aromatic hydroxyl groups is 1. The highest BCUT2D eigenvalue weighted by atomic mass is 19.4. The fourth-order valence-corrected chi connectivity index (χ4v) is 3.54. The first-order valence-electron chi connectivity index (χ1n) is 9.12. The summed E-state index contributed by atoms with van der Waals surface area (Å²) in [5.41, 5.74) is -0.0878. The van der Waals surface area contributed by atoms with Gasteiger partial charge in [-0.05, 0) is 56.1 Å². The molecule has 152 valence electrons. The largest absolute Gasteiger partial charge is 0.507 e. The van der Waals surface area contributed by atoms with Gasteiger partial charge in [-0.3, -0.25) is 4.90 Å². The first-order valence-corrected chi connectivity index (χ1v) is 9.12. The van der Waals surface area contributed by atoms with Crippen molar-refractivity contribution in [2.45, 2.75) is 32.0 Å². The lowest BCUT2D eigenvalue weighted by atomic mass is 10.0. The number of phenolic OH excluding ortho intramolecular Hbond substituents is 1. The Hall–Kier alpha value is -2.39. The first-order chi connectivity index (χ1) is 13.3. The number of piperidine rings is 1. The average Bonchev–Trinajstić information content (AvgIpc) is 2.62. The van der Waals surface area contributed by atoms with Crippen molar-refractivity contribution in [3.63, 3.8) is 0 Å². The molecule has 1 atom stereocenters. The highest BCUT2D eigenvalue weighted by molar-refractivity contribution is 5.71. The first kappa shape index (κ1) is 20.3. The third-order valence-electron chi connectivity index (χ3n) is 4.84. The van der Waals surface area contributed by atoms with E-state index in [-0.39, 0.29) is 23.8 Å². The summed E-state index contributed by atoms with van der Waals surface area (Å²) in [6.07, 6.45) is -2.53. The topological polar surface area (TPSA) is 81.5 Å². The number of phenols is 1. The van der Waals surface area contributed by atoms with Gasteiger partial charge in [-0.1, -0.05) is 0 Å². The second-order valence-corrected chi connectivity index (χ2v) is 7.00. The molecule has 0 aliphatic carbocycles. The third kappa shape index (κ3) is 4.71. The molecule has 3 rings (SSSR count). The number of aromatic nitrogens is 2. The van der Waals surface area contributed by atoms with Crippen molar-refractivity contribution in [1.82, 2.24) is 15.1 Å². The molecule has 1 saturated heterocycles. The Kier molecular flexibility index (Phi) is 6.04. The van der Waals surface area contributed by atoms with Crippen LogP contribution >= 0.6 is 0 Å². The normalized spacial score (nSPS) is 18.2. The molecule has 1 aromatic heterocycles. The van der Waals surface area contributed by atoms with E-state index in [2.05, 4.69) is 20.4 Å². The minimum atomic E-state index is -4.52. The Morgan fingerprint density at radius 3 is 2.64 bits per heavy atom. The quantitative estimate of drug-likeness (QED) is 0.721.